The fourth-order valence-corrected chi connectivity index (χ4v) is 2.20. The third-order valence-corrected chi connectivity index (χ3v) is 2.97. The summed E-state index contributed by atoms with van der Waals surface area (Å²) in [5, 5.41) is 4.35. The van der Waals surface area contributed by atoms with Gasteiger partial charge in [0.05, 0.1) is 24.0 Å². The molecule has 2 aromatic rings. The summed E-state index contributed by atoms with van der Waals surface area (Å²) in [6.07, 6.45) is 5.55. The molecule has 0 aliphatic carbocycles. The monoisotopic (exact) mass is 275 g/mol. The van der Waals surface area contributed by atoms with E-state index in [0.29, 0.717) is 0 Å². The Bertz CT molecular complexity index is 579. The molecular weight excluding hydrogens is 254 g/mol. The van der Waals surface area contributed by atoms with Crippen LogP contribution < -0.4 is 16.0 Å². The maximum Gasteiger partial charge on any atom is 0.138 e. The van der Waals surface area contributed by atoms with E-state index in [1.807, 2.05) is 40.1 Å². The molecule has 20 heavy (non-hydrogen) atoms. The van der Waals surface area contributed by atoms with Gasteiger partial charge >= 0.3 is 0 Å². The molecule has 2 heterocycles. The molecule has 0 aromatic carbocycles. The molecule has 0 saturated heterocycles. The van der Waals surface area contributed by atoms with Gasteiger partial charge in [0.2, 0.25) is 0 Å². The Morgan fingerprint density at radius 2 is 2.10 bits per heavy atom. The van der Waals surface area contributed by atoms with E-state index in [0.717, 1.165) is 22.6 Å². The first-order valence-corrected chi connectivity index (χ1v) is 6.59. The van der Waals surface area contributed by atoms with Crippen molar-refractivity contribution in [3.63, 3.8) is 0 Å². The Kier molecular flexibility index (Phi) is 4.36. The van der Waals surface area contributed by atoms with E-state index in [1.165, 1.54) is 0 Å². The van der Waals surface area contributed by atoms with Crippen LogP contribution in [0, 0.1) is 6.92 Å². The Morgan fingerprint density at radius 3 is 2.65 bits per heavy atom. The SMILES string of the molecule is Cc1nn(C)cc1C(NN)c1cncc(OC(C)C)c1. The second kappa shape index (κ2) is 6.02. The highest BCUT2D eigenvalue weighted by Gasteiger charge is 2.18. The Morgan fingerprint density at radius 1 is 1.35 bits per heavy atom. The zero-order valence-electron chi connectivity index (χ0n) is 12.3. The quantitative estimate of drug-likeness (QED) is 0.638. The van der Waals surface area contributed by atoms with Gasteiger partial charge in [0.15, 0.2) is 0 Å². The van der Waals surface area contributed by atoms with Gasteiger partial charge in [0.25, 0.3) is 0 Å². The van der Waals surface area contributed by atoms with Gasteiger partial charge in [-0.25, -0.2) is 5.43 Å². The largest absolute Gasteiger partial charge is 0.489 e. The summed E-state index contributed by atoms with van der Waals surface area (Å²) in [6, 6.07) is 1.79. The summed E-state index contributed by atoms with van der Waals surface area (Å²) in [7, 11) is 1.89. The van der Waals surface area contributed by atoms with E-state index in [9.17, 15) is 0 Å². The van der Waals surface area contributed by atoms with Crippen molar-refractivity contribution in [2.45, 2.75) is 32.9 Å². The molecule has 0 saturated carbocycles. The van der Waals surface area contributed by atoms with Gasteiger partial charge in [-0.1, -0.05) is 0 Å². The normalized spacial score (nSPS) is 12.7. The van der Waals surface area contributed by atoms with Gasteiger partial charge < -0.3 is 4.74 Å². The molecule has 0 radical (unpaired) electrons. The minimum atomic E-state index is -0.160. The highest BCUT2D eigenvalue weighted by Crippen LogP contribution is 2.25. The predicted octanol–water partition coefficient (Wildman–Crippen LogP) is 1.46. The number of aromatic nitrogens is 3. The van der Waals surface area contributed by atoms with E-state index in [-0.39, 0.29) is 12.1 Å². The number of aryl methyl sites for hydroxylation is 2. The first kappa shape index (κ1) is 14.5. The van der Waals surface area contributed by atoms with E-state index < -0.39 is 0 Å². The molecule has 6 nitrogen and oxygen atoms in total. The highest BCUT2D eigenvalue weighted by atomic mass is 16.5. The van der Waals surface area contributed by atoms with Crippen molar-refractivity contribution in [1.82, 2.24) is 20.2 Å². The summed E-state index contributed by atoms with van der Waals surface area (Å²) in [6.45, 7) is 5.93. The topological polar surface area (TPSA) is 78.0 Å². The number of nitrogens with one attached hydrogen (secondary N) is 1. The average molecular weight is 275 g/mol. The van der Waals surface area contributed by atoms with Crippen molar-refractivity contribution in [1.29, 1.82) is 0 Å². The van der Waals surface area contributed by atoms with E-state index in [4.69, 9.17) is 10.6 Å². The number of hydrogen-bond donors (Lipinski definition) is 2. The van der Waals surface area contributed by atoms with Crippen molar-refractivity contribution in [3.05, 3.63) is 41.5 Å². The van der Waals surface area contributed by atoms with Crippen LogP contribution in [0.25, 0.3) is 0 Å². The van der Waals surface area contributed by atoms with Crippen LogP contribution in [0.5, 0.6) is 5.75 Å². The Balaban J connectivity index is 2.34. The maximum atomic E-state index is 5.71. The first-order chi connectivity index (χ1) is 9.51. The van der Waals surface area contributed by atoms with Crippen LogP contribution in [0.1, 0.15) is 36.7 Å². The molecule has 2 aromatic heterocycles. The van der Waals surface area contributed by atoms with Crippen LogP contribution in [0.4, 0.5) is 0 Å². The number of hydrazine groups is 1. The molecule has 6 heteroatoms. The number of rotatable bonds is 5. The molecule has 0 aliphatic heterocycles. The second-order valence-electron chi connectivity index (χ2n) is 5.06. The number of hydrogen-bond acceptors (Lipinski definition) is 5. The number of nitrogens with zero attached hydrogens (tertiary/aromatic N) is 3. The summed E-state index contributed by atoms with van der Waals surface area (Å²) in [5.41, 5.74) is 5.73. The van der Waals surface area contributed by atoms with Crippen LogP contribution >= 0.6 is 0 Å². The van der Waals surface area contributed by atoms with Crippen LogP contribution in [0.2, 0.25) is 0 Å². The van der Waals surface area contributed by atoms with Gasteiger partial charge in [0, 0.05) is 25.0 Å². The minimum absolute atomic E-state index is 0.108. The molecule has 1 atom stereocenters. The lowest BCUT2D eigenvalue weighted by Crippen LogP contribution is -2.29. The second-order valence-corrected chi connectivity index (χ2v) is 5.06. The minimum Gasteiger partial charge on any atom is -0.489 e. The zero-order valence-corrected chi connectivity index (χ0v) is 12.3. The fraction of sp³-hybridized carbons (Fsp3) is 0.429. The van der Waals surface area contributed by atoms with Crippen molar-refractivity contribution in [3.8, 4) is 5.75 Å². The number of nitrogens with two attached hydrogens (primary N) is 1. The molecule has 108 valence electrons. The molecule has 3 N–H and O–H groups in total. The summed E-state index contributed by atoms with van der Waals surface area (Å²) >= 11 is 0. The lowest BCUT2D eigenvalue weighted by atomic mass is 10.0. The average Bonchev–Trinajstić information content (AvgIpc) is 2.69. The van der Waals surface area contributed by atoms with Crippen molar-refractivity contribution >= 4 is 0 Å². The van der Waals surface area contributed by atoms with E-state index in [2.05, 4.69) is 15.5 Å². The van der Waals surface area contributed by atoms with Crippen molar-refractivity contribution in [2.24, 2.45) is 12.9 Å². The first-order valence-electron chi connectivity index (χ1n) is 6.59. The van der Waals surface area contributed by atoms with Gasteiger partial charge in [-0.15, -0.1) is 0 Å². The zero-order chi connectivity index (χ0) is 14.7. The molecule has 0 fully saturated rings. The van der Waals surface area contributed by atoms with Gasteiger partial charge in [0.1, 0.15) is 5.75 Å². The highest BCUT2D eigenvalue weighted by molar-refractivity contribution is 5.34. The lowest BCUT2D eigenvalue weighted by molar-refractivity contribution is 0.241. The maximum absolute atomic E-state index is 5.71. The standard InChI is InChI=1S/C14H21N5O/c1-9(2)20-12-5-11(6-16-7-12)14(17-15)13-8-19(4)18-10(13)3/h5-9,14,17H,15H2,1-4H3. The van der Waals surface area contributed by atoms with Crippen molar-refractivity contribution in [2.75, 3.05) is 0 Å². The van der Waals surface area contributed by atoms with Crippen molar-refractivity contribution < 1.29 is 4.74 Å². The Labute approximate surface area is 118 Å². The van der Waals surface area contributed by atoms with Gasteiger partial charge in [-0.3, -0.25) is 15.5 Å². The van der Waals surface area contributed by atoms with Crippen LogP contribution in [-0.4, -0.2) is 20.9 Å². The third-order valence-electron chi connectivity index (χ3n) is 2.97. The molecule has 2 rings (SSSR count). The molecule has 0 bridgehead atoms. The summed E-state index contributed by atoms with van der Waals surface area (Å²) in [4.78, 5) is 4.22. The van der Waals surface area contributed by atoms with Gasteiger partial charge in [-0.05, 0) is 32.4 Å². The summed E-state index contributed by atoms with van der Waals surface area (Å²) < 4.78 is 7.44. The van der Waals surface area contributed by atoms with Gasteiger partial charge in [-0.2, -0.15) is 5.10 Å². The fourth-order valence-electron chi connectivity index (χ4n) is 2.20. The summed E-state index contributed by atoms with van der Waals surface area (Å²) in [5.74, 6) is 6.45. The molecule has 1 unspecified atom stereocenters. The molecule has 0 spiro atoms. The predicted molar refractivity (Wildman–Crippen MR) is 77.1 cm³/mol. The third kappa shape index (κ3) is 3.15. The van der Waals surface area contributed by atoms with Crippen LogP contribution in [0.15, 0.2) is 24.7 Å². The number of ether oxygens (including phenoxy) is 1. The van der Waals surface area contributed by atoms with E-state index in [1.54, 1.807) is 17.1 Å². The van der Waals surface area contributed by atoms with Crippen LogP contribution in [-0.2, 0) is 7.05 Å². The Hall–Kier alpha value is -1.92. The number of pyridine rings is 1. The molecule has 0 amide bonds. The molecular formula is C14H21N5O. The van der Waals surface area contributed by atoms with E-state index >= 15 is 0 Å². The molecule has 0 aliphatic rings. The lowest BCUT2D eigenvalue weighted by Gasteiger charge is -2.17. The smallest absolute Gasteiger partial charge is 0.138 e. The van der Waals surface area contributed by atoms with Crippen LogP contribution in [0.3, 0.4) is 0 Å².